The van der Waals surface area contributed by atoms with Crippen molar-refractivity contribution < 1.29 is 65.1 Å². The van der Waals surface area contributed by atoms with Gasteiger partial charge in [0.25, 0.3) is 0 Å². The zero-order chi connectivity index (χ0) is 42.6. The number of hydrogen-bond donors (Lipinski definition) is 2. The summed E-state index contributed by atoms with van der Waals surface area (Å²) in [7, 11) is -6.54. The molecule has 19 heteroatoms. The molecule has 324 valence electrons. The maximum atomic E-state index is 13.9. The highest BCUT2D eigenvalue weighted by Crippen LogP contribution is 2.49. The van der Waals surface area contributed by atoms with Crippen LogP contribution in [0.15, 0.2) is 77.8 Å². The number of esters is 1. The van der Waals surface area contributed by atoms with Crippen LogP contribution in [-0.4, -0.2) is 118 Å². The minimum atomic E-state index is -4.08. The van der Waals surface area contributed by atoms with Gasteiger partial charge in [-0.1, -0.05) is 38.1 Å². The number of rotatable bonds is 22. The molecule has 2 fully saturated rings. The van der Waals surface area contributed by atoms with E-state index in [1.54, 1.807) is 61.5 Å². The van der Waals surface area contributed by atoms with Crippen LogP contribution in [0.25, 0.3) is 0 Å². The number of alkyl carbamates (subject to hydrolysis) is 1. The standard InChI is InChI=1S/C40H54N3O14PS/c1-6-51-38(45)28(4)56-58(47,57-31-10-8-7-9-11-31)21-20-52-37-17-12-29(23-41-37)22-34(42-40(46)55-36-26-54-39-33(36)18-19-53-39)35(44)25-43(24-27(2)3)59(48,49)32-15-13-30(50-5)14-16-32/h7-17,23,27-28,33-36,39,44H,6,18-22,24-26H2,1-5H3,(H,42,46)/t28-,33-,34-,35+,36-,39+,58?/m0/s1. The van der Waals surface area contributed by atoms with Crippen LogP contribution in [-0.2, 0) is 49.3 Å². The molecule has 59 heavy (non-hydrogen) atoms. The Morgan fingerprint density at radius 2 is 1.76 bits per heavy atom. The lowest BCUT2D eigenvalue weighted by atomic mass is 10.0. The summed E-state index contributed by atoms with van der Waals surface area (Å²) in [5, 5.41) is 14.5. The van der Waals surface area contributed by atoms with Gasteiger partial charge in [-0.05, 0) is 74.6 Å². The third-order valence-electron chi connectivity index (χ3n) is 9.46. The number of pyridine rings is 1. The van der Waals surface area contributed by atoms with Gasteiger partial charge in [0.1, 0.15) is 24.2 Å². The van der Waals surface area contributed by atoms with Crippen LogP contribution in [0, 0.1) is 11.8 Å². The van der Waals surface area contributed by atoms with E-state index in [0.29, 0.717) is 24.3 Å². The molecule has 1 amide bonds. The number of ether oxygens (including phenoxy) is 6. The molecule has 2 aromatic carbocycles. The number of aromatic nitrogens is 1. The quantitative estimate of drug-likeness (QED) is 0.103. The molecular weight excluding hydrogens is 809 g/mol. The lowest BCUT2D eigenvalue weighted by Crippen LogP contribution is -2.51. The number of fused-ring (bicyclic) bond motifs is 1. The Bertz CT molecular complexity index is 1960. The Labute approximate surface area is 345 Å². The van der Waals surface area contributed by atoms with E-state index in [2.05, 4.69) is 10.3 Å². The van der Waals surface area contributed by atoms with Crippen molar-refractivity contribution in [1.82, 2.24) is 14.6 Å². The van der Waals surface area contributed by atoms with Crippen LogP contribution < -0.4 is 19.3 Å². The number of carbonyl (C=O) groups is 2. The van der Waals surface area contributed by atoms with Gasteiger partial charge in [0.05, 0.1) is 56.1 Å². The summed E-state index contributed by atoms with van der Waals surface area (Å²) in [5.41, 5.74) is 0.563. The van der Waals surface area contributed by atoms with Crippen LogP contribution >= 0.6 is 7.60 Å². The summed E-state index contributed by atoms with van der Waals surface area (Å²) in [4.78, 5) is 30.0. The highest BCUT2D eigenvalue weighted by Gasteiger charge is 2.44. The lowest BCUT2D eigenvalue weighted by molar-refractivity contribution is -0.150. The summed E-state index contributed by atoms with van der Waals surface area (Å²) in [6.07, 6.45) is -2.44. The minimum Gasteiger partial charge on any atom is -0.497 e. The molecule has 2 aliphatic heterocycles. The first-order valence-electron chi connectivity index (χ1n) is 19.5. The number of hydrogen-bond acceptors (Lipinski definition) is 15. The van der Waals surface area contributed by atoms with E-state index >= 15 is 0 Å². The fourth-order valence-electron chi connectivity index (χ4n) is 6.50. The molecule has 2 N–H and O–H groups in total. The van der Waals surface area contributed by atoms with Crippen LogP contribution in [0.4, 0.5) is 4.79 Å². The Morgan fingerprint density at radius 1 is 1.02 bits per heavy atom. The molecule has 0 spiro atoms. The smallest absolute Gasteiger partial charge is 0.407 e. The average molecular weight is 864 g/mol. The van der Waals surface area contributed by atoms with Crippen molar-refractivity contribution in [2.75, 3.05) is 52.8 Å². The van der Waals surface area contributed by atoms with Gasteiger partial charge in [-0.3, -0.25) is 4.52 Å². The van der Waals surface area contributed by atoms with Gasteiger partial charge < -0.3 is 43.4 Å². The lowest BCUT2D eigenvalue weighted by Gasteiger charge is -2.31. The number of nitrogens with zero attached hydrogens (tertiary/aromatic N) is 2. The second-order valence-corrected chi connectivity index (χ2v) is 18.5. The molecule has 3 heterocycles. The zero-order valence-electron chi connectivity index (χ0n) is 33.8. The van der Waals surface area contributed by atoms with Crippen LogP contribution in [0.2, 0.25) is 0 Å². The zero-order valence-corrected chi connectivity index (χ0v) is 35.5. The van der Waals surface area contributed by atoms with Crippen molar-refractivity contribution >= 4 is 29.7 Å². The molecule has 5 rings (SSSR count). The summed E-state index contributed by atoms with van der Waals surface area (Å²) < 4.78 is 87.0. The fourth-order valence-corrected chi connectivity index (χ4v) is 9.69. The Hall–Kier alpha value is -4.29. The number of para-hydroxylation sites is 1. The molecular formula is C40H54N3O14PS. The molecule has 3 aromatic rings. The number of amides is 1. The highest BCUT2D eigenvalue weighted by molar-refractivity contribution is 7.89. The number of carbonyl (C=O) groups excluding carboxylic acids is 2. The number of methoxy groups -OCH3 is 1. The molecule has 1 unspecified atom stereocenters. The summed E-state index contributed by atoms with van der Waals surface area (Å²) in [5.74, 6) is 0.0164. The summed E-state index contributed by atoms with van der Waals surface area (Å²) >= 11 is 0. The summed E-state index contributed by atoms with van der Waals surface area (Å²) in [6, 6.07) is 16.5. The molecule has 0 bridgehead atoms. The van der Waals surface area contributed by atoms with Gasteiger partial charge in [-0.2, -0.15) is 4.31 Å². The van der Waals surface area contributed by atoms with Crippen molar-refractivity contribution in [3.63, 3.8) is 0 Å². The first-order chi connectivity index (χ1) is 28.2. The molecule has 0 radical (unpaired) electrons. The van der Waals surface area contributed by atoms with Gasteiger partial charge in [0, 0.05) is 25.4 Å². The Balaban J connectivity index is 1.29. The van der Waals surface area contributed by atoms with Gasteiger partial charge in [-0.25, -0.2) is 27.6 Å². The van der Waals surface area contributed by atoms with Crippen molar-refractivity contribution in [2.24, 2.45) is 11.8 Å². The minimum absolute atomic E-state index is 0.0208. The van der Waals surface area contributed by atoms with E-state index in [1.165, 1.54) is 36.7 Å². The molecule has 2 saturated heterocycles. The van der Waals surface area contributed by atoms with Crippen molar-refractivity contribution in [2.45, 2.75) is 76.1 Å². The normalized spacial score (nSPS) is 20.2. The van der Waals surface area contributed by atoms with Crippen LogP contribution in [0.5, 0.6) is 17.4 Å². The van der Waals surface area contributed by atoms with E-state index in [4.69, 9.17) is 37.5 Å². The van der Waals surface area contributed by atoms with E-state index < -0.39 is 60.3 Å². The van der Waals surface area contributed by atoms with Crippen LogP contribution in [0.3, 0.4) is 0 Å². The number of nitrogens with one attached hydrogen (secondary N) is 1. The number of benzene rings is 2. The molecule has 2 aliphatic rings. The predicted molar refractivity (Wildman–Crippen MR) is 214 cm³/mol. The molecule has 0 aliphatic carbocycles. The topological polar surface area (TPSA) is 208 Å². The number of sulfonamides is 1. The van der Waals surface area contributed by atoms with Crippen molar-refractivity contribution in [3.8, 4) is 17.4 Å². The molecule has 1 aromatic heterocycles. The van der Waals surface area contributed by atoms with Crippen molar-refractivity contribution in [3.05, 3.63) is 78.5 Å². The second kappa shape index (κ2) is 21.3. The molecule has 17 nitrogen and oxygen atoms in total. The first-order valence-corrected chi connectivity index (χ1v) is 22.7. The molecule has 7 atom stereocenters. The first kappa shape index (κ1) is 45.8. The summed E-state index contributed by atoms with van der Waals surface area (Å²) in [6.45, 7) is 7.15. The van der Waals surface area contributed by atoms with E-state index in [1.807, 2.05) is 13.8 Å². The largest absolute Gasteiger partial charge is 0.497 e. The van der Waals surface area contributed by atoms with Gasteiger partial charge >= 0.3 is 19.7 Å². The monoisotopic (exact) mass is 863 g/mol. The SMILES string of the molecule is CCOC(=O)[C@H](C)OP(=O)(CCOc1ccc(C[C@H](NC(=O)O[C@H]2CO[C@H]3OCC[C@H]32)[C@H](O)CN(CC(C)C)S(=O)(=O)c2ccc(OC)cc2)cn1)Oc1ccccc1. The van der Waals surface area contributed by atoms with Gasteiger partial charge in [-0.15, -0.1) is 0 Å². The average Bonchev–Trinajstić information content (AvgIpc) is 3.83. The van der Waals surface area contributed by atoms with Crippen LogP contribution in [0.1, 0.15) is 39.7 Å². The van der Waals surface area contributed by atoms with Crippen molar-refractivity contribution in [1.29, 1.82) is 0 Å². The third kappa shape index (κ3) is 13.1. The predicted octanol–water partition coefficient (Wildman–Crippen LogP) is 4.82. The van der Waals surface area contributed by atoms with E-state index in [-0.39, 0.29) is 73.9 Å². The molecule has 0 saturated carbocycles. The highest BCUT2D eigenvalue weighted by atomic mass is 32.2. The van der Waals surface area contributed by atoms with Gasteiger partial charge in [0.2, 0.25) is 15.9 Å². The van der Waals surface area contributed by atoms with Gasteiger partial charge in [0.15, 0.2) is 12.4 Å². The Kier molecular flexibility index (Phi) is 16.5. The Morgan fingerprint density at radius 3 is 2.42 bits per heavy atom. The second-order valence-electron chi connectivity index (χ2n) is 14.5. The number of aliphatic hydroxyl groups excluding tert-OH is 1. The third-order valence-corrected chi connectivity index (χ3v) is 13.2. The maximum absolute atomic E-state index is 13.9. The fraction of sp³-hybridized carbons (Fsp3) is 0.525. The maximum Gasteiger partial charge on any atom is 0.407 e. The van der Waals surface area contributed by atoms with E-state index in [0.717, 1.165) is 0 Å². The van der Waals surface area contributed by atoms with E-state index in [9.17, 15) is 27.7 Å². The number of aliphatic hydroxyl groups is 1.